The molecule has 0 aliphatic heterocycles. The first-order valence-electron chi connectivity index (χ1n) is 6.43. The van der Waals surface area contributed by atoms with Crippen LogP contribution in [0.25, 0.3) is 0 Å². The highest BCUT2D eigenvalue weighted by molar-refractivity contribution is 9.10. The van der Waals surface area contributed by atoms with Crippen LogP contribution < -0.4 is 5.32 Å². The molecule has 0 heterocycles. The largest absolute Gasteiger partial charge is 0.288 e. The van der Waals surface area contributed by atoms with Gasteiger partial charge in [0.05, 0.1) is 11.3 Å². The van der Waals surface area contributed by atoms with Gasteiger partial charge >= 0.3 is 0 Å². The van der Waals surface area contributed by atoms with E-state index in [4.69, 9.17) is 5.26 Å². The number of hydrogen-bond donors (Lipinski definition) is 1. The number of carbonyl (C=O) groups excluding carboxylic acids is 1. The van der Waals surface area contributed by atoms with Gasteiger partial charge in [-0.1, -0.05) is 39.8 Å². The van der Waals surface area contributed by atoms with Crippen molar-refractivity contribution in [1.82, 2.24) is 5.32 Å². The van der Waals surface area contributed by atoms with Gasteiger partial charge in [-0.3, -0.25) is 10.1 Å². The minimum absolute atomic E-state index is 0.0269. The SMILES string of the molecule is CSC(=Nc1ccc(Br)cc1C(=O)c1ccccc1F)NC#N. The smallest absolute Gasteiger partial charge is 0.198 e. The molecule has 2 aromatic rings. The molecule has 0 spiro atoms. The summed E-state index contributed by atoms with van der Waals surface area (Å²) in [5, 5.41) is 11.5. The summed E-state index contributed by atoms with van der Waals surface area (Å²) < 4.78 is 14.6. The number of benzene rings is 2. The van der Waals surface area contributed by atoms with E-state index in [2.05, 4.69) is 26.2 Å². The van der Waals surface area contributed by atoms with E-state index in [0.29, 0.717) is 15.3 Å². The molecule has 0 fully saturated rings. The van der Waals surface area contributed by atoms with Gasteiger partial charge in [-0.15, -0.1) is 0 Å². The van der Waals surface area contributed by atoms with Crippen molar-refractivity contribution in [2.24, 2.45) is 4.99 Å². The topological polar surface area (TPSA) is 65.2 Å². The molecule has 2 rings (SSSR count). The van der Waals surface area contributed by atoms with Crippen molar-refractivity contribution in [3.05, 3.63) is 63.9 Å². The second kappa shape index (κ2) is 7.90. The lowest BCUT2D eigenvalue weighted by atomic mass is 10.0. The molecule has 1 N–H and O–H groups in total. The number of hydrogen-bond acceptors (Lipinski definition) is 4. The monoisotopic (exact) mass is 391 g/mol. The Kier molecular flexibility index (Phi) is 5.90. The summed E-state index contributed by atoms with van der Waals surface area (Å²) in [4.78, 5) is 16.9. The molecule has 0 bridgehead atoms. The van der Waals surface area contributed by atoms with E-state index in [9.17, 15) is 9.18 Å². The van der Waals surface area contributed by atoms with Crippen LogP contribution in [-0.2, 0) is 0 Å². The molecule has 2 aromatic carbocycles. The lowest BCUT2D eigenvalue weighted by Crippen LogP contribution is -2.13. The number of carbonyl (C=O) groups is 1. The summed E-state index contributed by atoms with van der Waals surface area (Å²) in [5.41, 5.74) is 0.574. The third kappa shape index (κ3) is 4.18. The molecule has 0 saturated heterocycles. The van der Waals surface area contributed by atoms with Crippen LogP contribution in [0.15, 0.2) is 51.9 Å². The van der Waals surface area contributed by atoms with Crippen molar-refractivity contribution in [3.63, 3.8) is 0 Å². The third-order valence-electron chi connectivity index (χ3n) is 2.90. The van der Waals surface area contributed by atoms with Gasteiger partial charge in [-0.05, 0) is 36.6 Å². The Morgan fingerprint density at radius 2 is 2.04 bits per heavy atom. The zero-order valence-electron chi connectivity index (χ0n) is 12.0. The highest BCUT2D eigenvalue weighted by atomic mass is 79.9. The standard InChI is InChI=1S/C16H11BrFN3OS/c1-23-16(20-9-19)21-14-7-6-10(17)8-12(14)15(22)11-4-2-3-5-13(11)18/h2-8H,1H3,(H,20,21). The van der Waals surface area contributed by atoms with Crippen LogP contribution in [-0.4, -0.2) is 17.2 Å². The summed E-state index contributed by atoms with van der Waals surface area (Å²) >= 11 is 4.53. The van der Waals surface area contributed by atoms with Crippen molar-refractivity contribution >= 4 is 44.3 Å². The lowest BCUT2D eigenvalue weighted by Gasteiger charge is -2.08. The average molecular weight is 392 g/mol. The molecule has 4 nitrogen and oxygen atoms in total. The summed E-state index contributed by atoms with van der Waals surface area (Å²) in [5.74, 6) is -1.06. The lowest BCUT2D eigenvalue weighted by molar-refractivity contribution is 0.103. The average Bonchev–Trinajstić information content (AvgIpc) is 2.55. The normalized spacial score (nSPS) is 11.0. The second-order valence-corrected chi connectivity index (χ2v) is 6.04. The van der Waals surface area contributed by atoms with Crippen LogP contribution in [0, 0.1) is 17.3 Å². The number of nitrogens with one attached hydrogen (secondary N) is 1. The summed E-state index contributed by atoms with van der Waals surface area (Å²) in [6.45, 7) is 0. The van der Waals surface area contributed by atoms with E-state index >= 15 is 0 Å². The molecule has 0 radical (unpaired) electrons. The predicted molar refractivity (Wildman–Crippen MR) is 93.3 cm³/mol. The zero-order chi connectivity index (χ0) is 16.8. The molecule has 0 saturated carbocycles. The van der Waals surface area contributed by atoms with E-state index < -0.39 is 11.6 Å². The molecule has 0 atom stereocenters. The molecule has 23 heavy (non-hydrogen) atoms. The molecule has 0 amide bonds. The molecule has 7 heteroatoms. The fraction of sp³-hybridized carbons (Fsp3) is 0.0625. The first-order chi connectivity index (χ1) is 11.1. The number of nitriles is 1. The van der Waals surface area contributed by atoms with Gasteiger partial charge < -0.3 is 0 Å². The molecular weight excluding hydrogens is 381 g/mol. The van der Waals surface area contributed by atoms with Crippen LogP contribution >= 0.6 is 27.7 Å². The van der Waals surface area contributed by atoms with Crippen LogP contribution in [0.2, 0.25) is 0 Å². The highest BCUT2D eigenvalue weighted by Crippen LogP contribution is 2.27. The van der Waals surface area contributed by atoms with Gasteiger partial charge in [0.1, 0.15) is 5.82 Å². The van der Waals surface area contributed by atoms with E-state index in [1.807, 2.05) is 0 Å². The predicted octanol–water partition coefficient (Wildman–Crippen LogP) is 4.24. The van der Waals surface area contributed by atoms with E-state index in [0.717, 1.165) is 0 Å². The van der Waals surface area contributed by atoms with E-state index in [1.165, 1.54) is 30.0 Å². The van der Waals surface area contributed by atoms with Gasteiger partial charge in [-0.2, -0.15) is 5.26 Å². The van der Waals surface area contributed by atoms with Crippen LogP contribution in [0.4, 0.5) is 10.1 Å². The van der Waals surface area contributed by atoms with Crippen molar-refractivity contribution < 1.29 is 9.18 Å². The first kappa shape index (κ1) is 17.2. The summed E-state index contributed by atoms with van der Waals surface area (Å²) in [7, 11) is 0. The van der Waals surface area contributed by atoms with Crippen molar-refractivity contribution in [2.75, 3.05) is 6.26 Å². The minimum atomic E-state index is -0.590. The quantitative estimate of drug-likeness (QED) is 0.279. The number of nitrogens with zero attached hydrogens (tertiary/aromatic N) is 2. The van der Waals surface area contributed by atoms with Crippen LogP contribution in [0.3, 0.4) is 0 Å². The van der Waals surface area contributed by atoms with Gasteiger partial charge in [0.15, 0.2) is 17.1 Å². The van der Waals surface area contributed by atoms with Gasteiger partial charge in [0.25, 0.3) is 0 Å². The maximum absolute atomic E-state index is 13.9. The number of halogens is 2. The molecule has 0 aliphatic rings. The first-order valence-corrected chi connectivity index (χ1v) is 8.45. The number of thioether (sulfide) groups is 1. The Labute approximate surface area is 145 Å². The number of ketones is 1. The second-order valence-electron chi connectivity index (χ2n) is 4.33. The maximum Gasteiger partial charge on any atom is 0.198 e. The summed E-state index contributed by atoms with van der Waals surface area (Å²) in [6, 6.07) is 10.7. The minimum Gasteiger partial charge on any atom is -0.288 e. The Bertz CT molecular complexity index is 817. The fourth-order valence-electron chi connectivity index (χ4n) is 1.86. The van der Waals surface area contributed by atoms with Gasteiger partial charge in [0, 0.05) is 10.0 Å². The third-order valence-corrected chi connectivity index (χ3v) is 3.97. The van der Waals surface area contributed by atoms with E-state index in [1.54, 1.807) is 36.7 Å². The number of aliphatic imine (C=N–C) groups is 1. The molecular formula is C16H11BrFN3OS. The molecule has 0 aromatic heterocycles. The number of amidine groups is 1. The van der Waals surface area contributed by atoms with Crippen molar-refractivity contribution in [1.29, 1.82) is 5.26 Å². The highest BCUT2D eigenvalue weighted by Gasteiger charge is 2.17. The molecule has 0 unspecified atom stereocenters. The summed E-state index contributed by atoms with van der Waals surface area (Å²) in [6.07, 6.45) is 3.53. The Morgan fingerprint density at radius 3 is 2.70 bits per heavy atom. The van der Waals surface area contributed by atoms with Crippen molar-refractivity contribution in [3.8, 4) is 6.19 Å². The van der Waals surface area contributed by atoms with E-state index in [-0.39, 0.29) is 11.1 Å². The van der Waals surface area contributed by atoms with Gasteiger partial charge in [0.2, 0.25) is 0 Å². The Balaban J connectivity index is 2.54. The van der Waals surface area contributed by atoms with Crippen LogP contribution in [0.5, 0.6) is 0 Å². The fourth-order valence-corrected chi connectivity index (χ4v) is 2.56. The zero-order valence-corrected chi connectivity index (χ0v) is 14.4. The van der Waals surface area contributed by atoms with Crippen LogP contribution in [0.1, 0.15) is 15.9 Å². The molecule has 116 valence electrons. The van der Waals surface area contributed by atoms with Crippen molar-refractivity contribution in [2.45, 2.75) is 0 Å². The van der Waals surface area contributed by atoms with Gasteiger partial charge in [-0.25, -0.2) is 9.38 Å². The number of rotatable bonds is 3. The Hall–Kier alpha value is -2.17. The Morgan fingerprint density at radius 1 is 1.30 bits per heavy atom. The maximum atomic E-state index is 13.9. The molecule has 0 aliphatic carbocycles.